The summed E-state index contributed by atoms with van der Waals surface area (Å²) in [5.41, 5.74) is 4.07. The molecule has 24 heavy (non-hydrogen) atoms. The van der Waals surface area contributed by atoms with Gasteiger partial charge in [-0.25, -0.2) is 4.79 Å². The third kappa shape index (κ3) is 3.30. The molecule has 2 aromatic carbocycles. The fraction of sp³-hybridized carbons (Fsp3) is 0.238. The van der Waals surface area contributed by atoms with Crippen molar-refractivity contribution in [1.29, 1.82) is 0 Å². The number of hydrogen-bond acceptors (Lipinski definition) is 3. The molecule has 1 aliphatic carbocycles. The summed E-state index contributed by atoms with van der Waals surface area (Å²) >= 11 is 0. The Morgan fingerprint density at radius 2 is 1.71 bits per heavy atom. The normalized spacial score (nSPS) is 17.6. The van der Waals surface area contributed by atoms with Crippen molar-refractivity contribution in [3.05, 3.63) is 76.9 Å². The molecule has 0 amide bonds. The Labute approximate surface area is 142 Å². The molecule has 3 heteroatoms. The zero-order valence-corrected chi connectivity index (χ0v) is 13.7. The molecule has 0 fully saturated rings. The summed E-state index contributed by atoms with van der Waals surface area (Å²) in [6.45, 7) is 2.12. The van der Waals surface area contributed by atoms with Gasteiger partial charge in [-0.3, -0.25) is 4.79 Å². The largest absolute Gasteiger partial charge is 0.463 e. The van der Waals surface area contributed by atoms with Crippen LogP contribution in [0.15, 0.2) is 60.2 Å². The van der Waals surface area contributed by atoms with Gasteiger partial charge >= 0.3 is 5.97 Å². The average molecular weight is 320 g/mol. The summed E-state index contributed by atoms with van der Waals surface area (Å²) in [6, 6.07) is 17.3. The Bertz CT molecular complexity index is 788. The van der Waals surface area contributed by atoms with Gasteiger partial charge in [-0.1, -0.05) is 54.6 Å². The van der Waals surface area contributed by atoms with Gasteiger partial charge in [0.15, 0.2) is 5.78 Å². The summed E-state index contributed by atoms with van der Waals surface area (Å²) in [5, 5.41) is 0. The van der Waals surface area contributed by atoms with Crippen molar-refractivity contribution < 1.29 is 14.3 Å². The minimum Gasteiger partial charge on any atom is -0.463 e. The maximum atomic E-state index is 12.8. The molecule has 0 atom stereocenters. The first kappa shape index (κ1) is 16.2. The molecule has 3 rings (SSSR count). The number of ether oxygens (including phenoxy) is 1. The van der Waals surface area contributed by atoms with Gasteiger partial charge in [-0.05, 0) is 36.5 Å². The quantitative estimate of drug-likeness (QED) is 0.795. The first-order valence-electron chi connectivity index (χ1n) is 8.26. The molecule has 0 aliphatic heterocycles. The molecule has 0 aromatic heterocycles. The zero-order chi connectivity index (χ0) is 16.9. The number of allylic oxidation sites excluding steroid dienone is 1. The monoisotopic (exact) mass is 320 g/mol. The van der Waals surface area contributed by atoms with Gasteiger partial charge < -0.3 is 4.74 Å². The Morgan fingerprint density at radius 3 is 2.46 bits per heavy atom. The number of aryl methyl sites for hydroxylation is 1. The van der Waals surface area contributed by atoms with Gasteiger partial charge in [0.25, 0.3) is 0 Å². The van der Waals surface area contributed by atoms with Crippen molar-refractivity contribution in [2.45, 2.75) is 26.2 Å². The fourth-order valence-electron chi connectivity index (χ4n) is 3.14. The number of hydrogen-bond donors (Lipinski definition) is 0. The average Bonchev–Trinajstić information content (AvgIpc) is 2.60. The van der Waals surface area contributed by atoms with E-state index in [4.69, 9.17) is 4.74 Å². The summed E-state index contributed by atoms with van der Waals surface area (Å²) in [4.78, 5) is 25.3. The summed E-state index contributed by atoms with van der Waals surface area (Å²) < 4.78 is 5.24. The van der Waals surface area contributed by atoms with Crippen molar-refractivity contribution >= 4 is 17.3 Å². The van der Waals surface area contributed by atoms with Crippen LogP contribution in [0.5, 0.6) is 0 Å². The van der Waals surface area contributed by atoms with E-state index in [0.717, 1.165) is 22.3 Å². The van der Waals surface area contributed by atoms with Crippen LogP contribution >= 0.6 is 0 Å². The van der Waals surface area contributed by atoms with Crippen molar-refractivity contribution in [1.82, 2.24) is 0 Å². The molecule has 122 valence electrons. The predicted molar refractivity (Wildman–Crippen MR) is 93.7 cm³/mol. The Balaban J connectivity index is 2.09. The minimum absolute atomic E-state index is 0.0472. The Hall–Kier alpha value is -2.68. The van der Waals surface area contributed by atoms with E-state index in [1.807, 2.05) is 54.6 Å². The molecule has 0 N–H and O–H groups in total. The van der Waals surface area contributed by atoms with Gasteiger partial charge in [-0.15, -0.1) is 0 Å². The first-order valence-corrected chi connectivity index (χ1v) is 8.26. The van der Waals surface area contributed by atoms with Crippen LogP contribution in [0.4, 0.5) is 0 Å². The van der Waals surface area contributed by atoms with Crippen LogP contribution in [0, 0.1) is 0 Å². The molecular formula is C21H20O3. The standard InChI is InChI=1S/C21H20O3/c1-2-24-21(23)18-13-12-16-10-6-7-11-17(16)20(22)14-19(18)15-8-4-3-5-9-15/h3-11H,2,12-14H2,1H3/b19-18-. The molecular weight excluding hydrogens is 300 g/mol. The van der Waals surface area contributed by atoms with E-state index in [1.165, 1.54) is 0 Å². The molecule has 2 aromatic rings. The lowest BCUT2D eigenvalue weighted by Crippen LogP contribution is -2.16. The van der Waals surface area contributed by atoms with Gasteiger partial charge in [0, 0.05) is 17.6 Å². The number of Topliss-reactive ketones (excluding diaryl/α,β-unsaturated/α-hetero) is 1. The van der Waals surface area contributed by atoms with Gasteiger partial charge in [0.05, 0.1) is 6.61 Å². The second kappa shape index (κ2) is 7.26. The van der Waals surface area contributed by atoms with E-state index in [9.17, 15) is 9.59 Å². The SMILES string of the molecule is CCOC(=O)/C1=C(\c2ccccc2)CC(=O)c2ccccc2CC1. The van der Waals surface area contributed by atoms with E-state index in [2.05, 4.69) is 0 Å². The van der Waals surface area contributed by atoms with E-state index < -0.39 is 0 Å². The van der Waals surface area contributed by atoms with Crippen LogP contribution in [-0.4, -0.2) is 18.4 Å². The molecule has 0 radical (unpaired) electrons. The number of ketones is 1. The van der Waals surface area contributed by atoms with E-state index in [-0.39, 0.29) is 18.2 Å². The number of carbonyl (C=O) groups excluding carboxylic acids is 2. The Kier molecular flexibility index (Phi) is 4.90. The maximum absolute atomic E-state index is 12.8. The summed E-state index contributed by atoms with van der Waals surface area (Å²) in [5.74, 6) is -0.269. The van der Waals surface area contributed by atoms with Crippen LogP contribution in [0.25, 0.3) is 5.57 Å². The number of rotatable bonds is 3. The fourth-order valence-corrected chi connectivity index (χ4v) is 3.14. The molecule has 0 unspecified atom stereocenters. The smallest absolute Gasteiger partial charge is 0.334 e. The lowest BCUT2D eigenvalue weighted by atomic mass is 9.85. The van der Waals surface area contributed by atoms with Crippen LogP contribution in [-0.2, 0) is 16.0 Å². The molecule has 3 nitrogen and oxygen atoms in total. The van der Waals surface area contributed by atoms with Gasteiger partial charge in [0.1, 0.15) is 0 Å². The zero-order valence-electron chi connectivity index (χ0n) is 13.7. The van der Waals surface area contributed by atoms with E-state index in [0.29, 0.717) is 25.0 Å². The van der Waals surface area contributed by atoms with Crippen molar-refractivity contribution in [2.24, 2.45) is 0 Å². The van der Waals surface area contributed by atoms with Crippen molar-refractivity contribution in [3.63, 3.8) is 0 Å². The molecule has 0 bridgehead atoms. The number of fused-ring (bicyclic) bond motifs is 1. The van der Waals surface area contributed by atoms with Crippen LogP contribution < -0.4 is 0 Å². The number of benzene rings is 2. The van der Waals surface area contributed by atoms with Crippen LogP contribution in [0.2, 0.25) is 0 Å². The third-order valence-corrected chi connectivity index (χ3v) is 4.31. The van der Waals surface area contributed by atoms with Crippen LogP contribution in [0.1, 0.15) is 41.3 Å². The summed E-state index contributed by atoms with van der Waals surface area (Å²) in [7, 11) is 0. The lowest BCUT2D eigenvalue weighted by Gasteiger charge is -2.19. The first-order chi connectivity index (χ1) is 11.7. The minimum atomic E-state index is -0.316. The summed E-state index contributed by atoms with van der Waals surface area (Å²) in [6.07, 6.45) is 1.45. The molecule has 0 saturated carbocycles. The highest BCUT2D eigenvalue weighted by molar-refractivity contribution is 6.08. The second-order valence-corrected chi connectivity index (χ2v) is 5.80. The molecule has 0 spiro atoms. The van der Waals surface area contributed by atoms with Crippen molar-refractivity contribution in [2.75, 3.05) is 6.61 Å². The maximum Gasteiger partial charge on any atom is 0.334 e. The highest BCUT2D eigenvalue weighted by Crippen LogP contribution is 2.31. The van der Waals surface area contributed by atoms with Gasteiger partial charge in [0.2, 0.25) is 0 Å². The topological polar surface area (TPSA) is 43.4 Å². The highest BCUT2D eigenvalue weighted by Gasteiger charge is 2.24. The van der Waals surface area contributed by atoms with Crippen molar-refractivity contribution in [3.8, 4) is 0 Å². The molecule has 1 aliphatic rings. The molecule has 0 saturated heterocycles. The molecule has 0 heterocycles. The van der Waals surface area contributed by atoms with Gasteiger partial charge in [-0.2, -0.15) is 0 Å². The predicted octanol–water partition coefficient (Wildman–Crippen LogP) is 4.22. The third-order valence-electron chi connectivity index (χ3n) is 4.31. The number of carbonyl (C=O) groups is 2. The Morgan fingerprint density at radius 1 is 1.00 bits per heavy atom. The van der Waals surface area contributed by atoms with Crippen LogP contribution in [0.3, 0.4) is 0 Å². The second-order valence-electron chi connectivity index (χ2n) is 5.80. The lowest BCUT2D eigenvalue weighted by molar-refractivity contribution is -0.138. The van der Waals surface area contributed by atoms with E-state index in [1.54, 1.807) is 6.92 Å². The highest BCUT2D eigenvalue weighted by atomic mass is 16.5. The van der Waals surface area contributed by atoms with E-state index >= 15 is 0 Å². The number of esters is 1.